The van der Waals surface area contributed by atoms with Crippen LogP contribution >= 0.6 is 27.3 Å². The summed E-state index contributed by atoms with van der Waals surface area (Å²) >= 11 is 4.94. The van der Waals surface area contributed by atoms with Crippen LogP contribution in [0.4, 0.5) is 4.39 Å². The Bertz CT molecular complexity index is 499. The maximum atomic E-state index is 14.1. The van der Waals surface area contributed by atoms with Crippen LogP contribution in [0.5, 0.6) is 0 Å². The van der Waals surface area contributed by atoms with Gasteiger partial charge in [-0.15, -0.1) is 11.3 Å². The molecule has 0 saturated carbocycles. The van der Waals surface area contributed by atoms with Gasteiger partial charge in [-0.3, -0.25) is 0 Å². The van der Waals surface area contributed by atoms with Crippen molar-refractivity contribution in [1.82, 2.24) is 5.32 Å². The van der Waals surface area contributed by atoms with Crippen molar-refractivity contribution in [3.63, 3.8) is 0 Å². The zero-order chi connectivity index (χ0) is 13.0. The first-order valence-electron chi connectivity index (χ1n) is 5.94. The average Bonchev–Trinajstić information content (AvgIpc) is 2.85. The maximum Gasteiger partial charge on any atom is 0.129 e. The number of hydrogen-bond acceptors (Lipinski definition) is 2. The van der Waals surface area contributed by atoms with Crippen molar-refractivity contribution in [3.8, 4) is 0 Å². The van der Waals surface area contributed by atoms with Gasteiger partial charge in [0.25, 0.3) is 0 Å². The summed E-state index contributed by atoms with van der Waals surface area (Å²) in [5, 5.41) is 5.42. The third-order valence-electron chi connectivity index (χ3n) is 2.70. The van der Waals surface area contributed by atoms with Gasteiger partial charge in [0.05, 0.1) is 6.04 Å². The minimum atomic E-state index is -0.175. The molecule has 0 spiro atoms. The van der Waals surface area contributed by atoms with Crippen LogP contribution in [-0.2, 0) is 0 Å². The second-order valence-electron chi connectivity index (χ2n) is 4.07. The Balaban J connectivity index is 2.33. The van der Waals surface area contributed by atoms with Crippen molar-refractivity contribution < 1.29 is 4.39 Å². The summed E-state index contributed by atoms with van der Waals surface area (Å²) in [5.74, 6) is -0.175. The highest BCUT2D eigenvalue weighted by Gasteiger charge is 2.18. The summed E-state index contributed by atoms with van der Waals surface area (Å²) in [6.07, 6.45) is 1.03. The highest BCUT2D eigenvalue weighted by atomic mass is 79.9. The van der Waals surface area contributed by atoms with E-state index in [0.717, 1.165) is 22.3 Å². The highest BCUT2D eigenvalue weighted by molar-refractivity contribution is 9.10. The van der Waals surface area contributed by atoms with Crippen molar-refractivity contribution in [3.05, 3.63) is 56.4 Å². The van der Waals surface area contributed by atoms with Gasteiger partial charge in [0, 0.05) is 14.9 Å². The van der Waals surface area contributed by atoms with Crippen LogP contribution in [0.3, 0.4) is 0 Å². The lowest BCUT2D eigenvalue weighted by Gasteiger charge is -2.18. The summed E-state index contributed by atoms with van der Waals surface area (Å²) in [4.78, 5) is 1.14. The molecular weight excluding hydrogens is 313 g/mol. The predicted molar refractivity (Wildman–Crippen MR) is 78.6 cm³/mol. The Morgan fingerprint density at radius 3 is 2.83 bits per heavy atom. The largest absolute Gasteiger partial charge is 0.306 e. The van der Waals surface area contributed by atoms with Crippen LogP contribution in [0.25, 0.3) is 0 Å². The molecule has 1 aromatic heterocycles. The van der Waals surface area contributed by atoms with E-state index < -0.39 is 0 Å². The summed E-state index contributed by atoms with van der Waals surface area (Å²) < 4.78 is 14.8. The standard InChI is InChI=1S/C14H15BrFNS/c1-2-7-17-14(13-4-3-8-18-13)11-6-5-10(15)9-12(11)16/h3-6,8-9,14,17H,2,7H2,1H3. The van der Waals surface area contributed by atoms with Gasteiger partial charge in [-0.2, -0.15) is 0 Å². The molecule has 1 nitrogen and oxygen atoms in total. The second kappa shape index (κ2) is 6.45. The molecule has 4 heteroatoms. The van der Waals surface area contributed by atoms with E-state index >= 15 is 0 Å². The number of thiophene rings is 1. The zero-order valence-corrected chi connectivity index (χ0v) is 12.5. The van der Waals surface area contributed by atoms with E-state index in [4.69, 9.17) is 0 Å². The van der Waals surface area contributed by atoms with Crippen LogP contribution in [0, 0.1) is 5.82 Å². The van der Waals surface area contributed by atoms with Gasteiger partial charge in [-0.05, 0) is 36.5 Å². The molecular formula is C14H15BrFNS. The van der Waals surface area contributed by atoms with E-state index in [-0.39, 0.29) is 11.9 Å². The fraction of sp³-hybridized carbons (Fsp3) is 0.286. The van der Waals surface area contributed by atoms with E-state index in [1.54, 1.807) is 11.3 Å². The number of halogens is 2. The SMILES string of the molecule is CCCNC(c1cccs1)c1ccc(Br)cc1F. The summed E-state index contributed by atoms with van der Waals surface area (Å²) in [6.45, 7) is 2.98. The van der Waals surface area contributed by atoms with Gasteiger partial charge < -0.3 is 5.32 Å². The Hall–Kier alpha value is -0.710. The molecule has 1 atom stereocenters. The number of nitrogens with one attached hydrogen (secondary N) is 1. The average molecular weight is 328 g/mol. The van der Waals surface area contributed by atoms with Crippen LogP contribution in [0.15, 0.2) is 40.2 Å². The molecule has 1 N–H and O–H groups in total. The monoisotopic (exact) mass is 327 g/mol. The molecule has 2 aromatic rings. The Kier molecular flexibility index (Phi) is 4.92. The molecule has 0 aliphatic rings. The Labute approximate surface area is 119 Å². The molecule has 0 bridgehead atoms. The molecule has 0 amide bonds. The van der Waals surface area contributed by atoms with Gasteiger partial charge in [0.15, 0.2) is 0 Å². The first kappa shape index (κ1) is 13.7. The fourth-order valence-corrected chi connectivity index (χ4v) is 2.99. The van der Waals surface area contributed by atoms with Gasteiger partial charge in [-0.1, -0.05) is 35.0 Å². The van der Waals surface area contributed by atoms with Crippen LogP contribution in [0.1, 0.15) is 29.8 Å². The van der Waals surface area contributed by atoms with E-state index in [0.29, 0.717) is 5.56 Å². The molecule has 0 fully saturated rings. The van der Waals surface area contributed by atoms with Crippen molar-refractivity contribution in [2.45, 2.75) is 19.4 Å². The molecule has 2 rings (SSSR count). The highest BCUT2D eigenvalue weighted by Crippen LogP contribution is 2.29. The first-order valence-corrected chi connectivity index (χ1v) is 7.61. The summed E-state index contributed by atoms with van der Waals surface area (Å²) in [5.41, 5.74) is 0.703. The zero-order valence-electron chi connectivity index (χ0n) is 10.1. The minimum Gasteiger partial charge on any atom is -0.306 e. The van der Waals surface area contributed by atoms with E-state index in [2.05, 4.69) is 28.2 Å². The summed E-state index contributed by atoms with van der Waals surface area (Å²) in [7, 11) is 0. The number of hydrogen-bond donors (Lipinski definition) is 1. The third-order valence-corrected chi connectivity index (χ3v) is 4.13. The normalized spacial score (nSPS) is 12.6. The minimum absolute atomic E-state index is 0.0574. The van der Waals surface area contributed by atoms with Crippen molar-refractivity contribution in [2.75, 3.05) is 6.54 Å². The molecule has 1 heterocycles. The number of rotatable bonds is 5. The molecule has 0 aliphatic carbocycles. The lowest BCUT2D eigenvalue weighted by atomic mass is 10.0. The van der Waals surface area contributed by atoms with Crippen molar-refractivity contribution >= 4 is 27.3 Å². The van der Waals surface area contributed by atoms with Crippen molar-refractivity contribution in [2.24, 2.45) is 0 Å². The van der Waals surface area contributed by atoms with Gasteiger partial charge in [0.1, 0.15) is 5.82 Å². The molecule has 0 radical (unpaired) electrons. The maximum absolute atomic E-state index is 14.1. The smallest absolute Gasteiger partial charge is 0.129 e. The number of benzene rings is 1. The molecule has 1 unspecified atom stereocenters. The molecule has 18 heavy (non-hydrogen) atoms. The second-order valence-corrected chi connectivity index (χ2v) is 5.96. The lowest BCUT2D eigenvalue weighted by molar-refractivity contribution is 0.550. The quantitative estimate of drug-likeness (QED) is 0.836. The molecule has 0 aliphatic heterocycles. The summed E-state index contributed by atoms with van der Waals surface area (Å²) in [6, 6.07) is 9.22. The van der Waals surface area contributed by atoms with E-state index in [9.17, 15) is 4.39 Å². The van der Waals surface area contributed by atoms with Crippen LogP contribution in [-0.4, -0.2) is 6.54 Å². The third kappa shape index (κ3) is 3.19. The fourth-order valence-electron chi connectivity index (χ4n) is 1.84. The van der Waals surface area contributed by atoms with E-state index in [1.807, 2.05) is 29.6 Å². The predicted octanol–water partition coefficient (Wildman–Crippen LogP) is 4.74. The van der Waals surface area contributed by atoms with Crippen LogP contribution < -0.4 is 5.32 Å². The van der Waals surface area contributed by atoms with Gasteiger partial charge >= 0.3 is 0 Å². The topological polar surface area (TPSA) is 12.0 Å². The van der Waals surface area contributed by atoms with Gasteiger partial charge in [0.2, 0.25) is 0 Å². The van der Waals surface area contributed by atoms with Crippen molar-refractivity contribution in [1.29, 1.82) is 0 Å². The Morgan fingerprint density at radius 1 is 1.39 bits per heavy atom. The van der Waals surface area contributed by atoms with Gasteiger partial charge in [-0.25, -0.2) is 4.39 Å². The van der Waals surface area contributed by atoms with E-state index in [1.165, 1.54) is 6.07 Å². The molecule has 96 valence electrons. The van der Waals surface area contributed by atoms with Crippen LogP contribution in [0.2, 0.25) is 0 Å². The molecule has 1 aromatic carbocycles. The Morgan fingerprint density at radius 2 is 2.22 bits per heavy atom. The first-order chi connectivity index (χ1) is 8.72. The lowest BCUT2D eigenvalue weighted by Crippen LogP contribution is -2.23. The molecule has 0 saturated heterocycles.